The summed E-state index contributed by atoms with van der Waals surface area (Å²) in [5.41, 5.74) is 1.68. The minimum Gasteiger partial charge on any atom is -0.496 e. The van der Waals surface area contributed by atoms with Crippen molar-refractivity contribution < 1.29 is 32.2 Å². The minimum absolute atomic E-state index is 0.183. The highest BCUT2D eigenvalue weighted by molar-refractivity contribution is 7.80. The van der Waals surface area contributed by atoms with Crippen LogP contribution in [0.25, 0.3) is 6.08 Å². The summed E-state index contributed by atoms with van der Waals surface area (Å²) < 4.78 is 52.3. The maximum atomic E-state index is 13.0. The van der Waals surface area contributed by atoms with E-state index < -0.39 is 12.8 Å². The number of alkyl halides is 3. The number of benzene rings is 2. The van der Waals surface area contributed by atoms with Crippen LogP contribution in [-0.4, -0.2) is 38.0 Å². The molecule has 0 saturated carbocycles. The predicted molar refractivity (Wildman–Crippen MR) is 113 cm³/mol. The van der Waals surface area contributed by atoms with Crippen LogP contribution in [0.1, 0.15) is 11.1 Å². The van der Waals surface area contributed by atoms with Crippen molar-refractivity contribution in [2.75, 3.05) is 25.7 Å². The van der Waals surface area contributed by atoms with Crippen LogP contribution in [0.2, 0.25) is 0 Å². The molecule has 6 nitrogen and oxygen atoms in total. The van der Waals surface area contributed by atoms with Crippen molar-refractivity contribution in [3.8, 4) is 11.5 Å². The molecule has 10 heteroatoms. The number of hydrogen-bond donors (Lipinski definition) is 1. The molecule has 0 bridgehead atoms. The van der Waals surface area contributed by atoms with Crippen LogP contribution in [0.15, 0.2) is 48.2 Å². The second-order valence-corrected chi connectivity index (χ2v) is 6.87. The molecule has 0 unspecified atom stereocenters. The van der Waals surface area contributed by atoms with Gasteiger partial charge in [0.05, 0.1) is 26.5 Å². The standard InChI is InChI=1S/C21H19F3N2O4S/c1-28-17-8-7-13(9-14(17)11-30-12-21(22,23)24)10-15-19(27)26(20(31)25-15)16-5-3-4-6-18(16)29-2/h3-10H,11-12H2,1-2H3,(H,25,31)/b15-10+. The molecule has 2 aromatic carbocycles. The van der Waals surface area contributed by atoms with Gasteiger partial charge in [0.2, 0.25) is 0 Å². The molecule has 1 fully saturated rings. The number of methoxy groups -OCH3 is 2. The molecule has 164 valence electrons. The topological polar surface area (TPSA) is 60.0 Å². The van der Waals surface area contributed by atoms with Crippen LogP contribution in [0.3, 0.4) is 0 Å². The number of nitrogens with one attached hydrogen (secondary N) is 1. The molecule has 1 heterocycles. The van der Waals surface area contributed by atoms with Crippen LogP contribution in [0.4, 0.5) is 18.9 Å². The number of halogens is 3. The number of rotatable bonds is 7. The summed E-state index contributed by atoms with van der Waals surface area (Å²) in [4.78, 5) is 14.3. The summed E-state index contributed by atoms with van der Waals surface area (Å²) in [6.45, 7) is -1.67. The van der Waals surface area contributed by atoms with E-state index in [9.17, 15) is 18.0 Å². The second kappa shape index (κ2) is 9.36. The van der Waals surface area contributed by atoms with E-state index >= 15 is 0 Å². The number of carbonyl (C=O) groups excluding carboxylic acids is 1. The van der Waals surface area contributed by atoms with E-state index in [1.54, 1.807) is 48.5 Å². The van der Waals surface area contributed by atoms with E-state index in [0.717, 1.165) is 0 Å². The van der Waals surface area contributed by atoms with Gasteiger partial charge in [-0.3, -0.25) is 4.79 Å². The molecule has 0 radical (unpaired) electrons. The van der Waals surface area contributed by atoms with Crippen LogP contribution in [0.5, 0.6) is 11.5 Å². The maximum Gasteiger partial charge on any atom is 0.411 e. The number of amides is 1. The average molecular weight is 452 g/mol. The molecule has 1 amide bonds. The molecular weight excluding hydrogens is 433 g/mol. The van der Waals surface area contributed by atoms with Crippen LogP contribution >= 0.6 is 12.2 Å². The fraction of sp³-hybridized carbons (Fsp3) is 0.238. The van der Waals surface area contributed by atoms with Gasteiger partial charge >= 0.3 is 6.18 Å². The average Bonchev–Trinajstić information content (AvgIpc) is 3.00. The van der Waals surface area contributed by atoms with Gasteiger partial charge in [0.1, 0.15) is 23.8 Å². The van der Waals surface area contributed by atoms with Crippen molar-refractivity contribution in [1.82, 2.24) is 5.32 Å². The Morgan fingerprint density at radius 2 is 1.81 bits per heavy atom. The second-order valence-electron chi connectivity index (χ2n) is 6.48. The van der Waals surface area contributed by atoms with Crippen molar-refractivity contribution in [2.24, 2.45) is 0 Å². The molecule has 1 N–H and O–H groups in total. The lowest BCUT2D eigenvalue weighted by Crippen LogP contribution is -2.30. The van der Waals surface area contributed by atoms with Crippen LogP contribution < -0.4 is 19.7 Å². The predicted octanol–water partition coefficient (Wildman–Crippen LogP) is 4.04. The van der Waals surface area contributed by atoms with Gasteiger partial charge in [0.25, 0.3) is 5.91 Å². The normalized spacial score (nSPS) is 15.4. The summed E-state index contributed by atoms with van der Waals surface area (Å²) in [5, 5.41) is 3.05. The Kier molecular flexibility index (Phi) is 6.81. The lowest BCUT2D eigenvalue weighted by Gasteiger charge is -2.17. The monoisotopic (exact) mass is 452 g/mol. The molecule has 1 aliphatic rings. The Bertz CT molecular complexity index is 1020. The Morgan fingerprint density at radius 1 is 1.10 bits per heavy atom. The van der Waals surface area contributed by atoms with E-state index in [-0.39, 0.29) is 23.3 Å². The minimum atomic E-state index is -4.43. The van der Waals surface area contributed by atoms with E-state index in [1.165, 1.54) is 19.1 Å². The van der Waals surface area contributed by atoms with Crippen LogP contribution in [-0.2, 0) is 16.1 Å². The maximum absolute atomic E-state index is 13.0. The molecule has 0 aliphatic carbocycles. The third kappa shape index (κ3) is 5.33. The third-order valence-electron chi connectivity index (χ3n) is 4.34. The Labute approximate surface area is 182 Å². The number of nitrogens with zero attached hydrogens (tertiary/aromatic N) is 1. The highest BCUT2D eigenvalue weighted by atomic mass is 32.1. The van der Waals surface area contributed by atoms with E-state index in [4.69, 9.17) is 26.4 Å². The summed E-state index contributed by atoms with van der Waals surface area (Å²) in [6, 6.07) is 11.8. The zero-order valence-corrected chi connectivity index (χ0v) is 17.5. The van der Waals surface area contributed by atoms with E-state index in [1.807, 2.05) is 0 Å². The molecule has 0 aromatic heterocycles. The number of ether oxygens (including phenoxy) is 3. The summed E-state index contributed by atoms with van der Waals surface area (Å²) in [7, 11) is 2.90. The van der Waals surface area contributed by atoms with E-state index in [2.05, 4.69) is 5.32 Å². The summed E-state index contributed by atoms with van der Waals surface area (Å²) in [5.74, 6) is 0.469. The quantitative estimate of drug-likeness (QED) is 0.506. The Morgan fingerprint density at radius 3 is 2.48 bits per heavy atom. The molecule has 0 atom stereocenters. The first-order valence-electron chi connectivity index (χ1n) is 9.05. The summed E-state index contributed by atoms with van der Waals surface area (Å²) in [6.07, 6.45) is -2.87. The van der Waals surface area contributed by atoms with Crippen LogP contribution in [0, 0.1) is 0 Å². The zero-order valence-electron chi connectivity index (χ0n) is 16.7. The van der Waals surface area contributed by atoms with Crippen molar-refractivity contribution >= 4 is 35.0 Å². The Hall–Kier alpha value is -3.11. The van der Waals surface area contributed by atoms with Gasteiger partial charge in [-0.15, -0.1) is 0 Å². The van der Waals surface area contributed by atoms with Gasteiger partial charge in [-0.2, -0.15) is 13.2 Å². The largest absolute Gasteiger partial charge is 0.496 e. The number of carbonyl (C=O) groups is 1. The first-order valence-corrected chi connectivity index (χ1v) is 9.46. The molecule has 2 aromatic rings. The van der Waals surface area contributed by atoms with Crippen molar-refractivity contribution in [2.45, 2.75) is 12.8 Å². The van der Waals surface area contributed by atoms with E-state index in [0.29, 0.717) is 28.3 Å². The molecular formula is C21H19F3N2O4S. The van der Waals surface area contributed by atoms with Gasteiger partial charge < -0.3 is 19.5 Å². The molecule has 1 saturated heterocycles. The molecule has 3 rings (SSSR count). The van der Waals surface area contributed by atoms with Gasteiger partial charge in [0.15, 0.2) is 5.11 Å². The molecule has 31 heavy (non-hydrogen) atoms. The number of anilines is 1. The first kappa shape index (κ1) is 22.6. The highest BCUT2D eigenvalue weighted by Crippen LogP contribution is 2.31. The van der Waals surface area contributed by atoms with Gasteiger partial charge in [-0.1, -0.05) is 18.2 Å². The molecule has 1 aliphatic heterocycles. The van der Waals surface area contributed by atoms with Crippen molar-refractivity contribution in [3.05, 3.63) is 59.3 Å². The first-order chi connectivity index (χ1) is 14.7. The number of thiocarbonyl (C=S) groups is 1. The third-order valence-corrected chi connectivity index (χ3v) is 4.63. The highest BCUT2D eigenvalue weighted by Gasteiger charge is 2.33. The lowest BCUT2D eigenvalue weighted by molar-refractivity contribution is -0.176. The number of hydrogen-bond acceptors (Lipinski definition) is 5. The number of para-hydroxylation sites is 2. The van der Waals surface area contributed by atoms with Gasteiger partial charge in [-0.05, 0) is 48.1 Å². The lowest BCUT2D eigenvalue weighted by atomic mass is 10.1. The van der Waals surface area contributed by atoms with Gasteiger partial charge in [-0.25, -0.2) is 4.90 Å². The smallest absolute Gasteiger partial charge is 0.411 e. The summed E-state index contributed by atoms with van der Waals surface area (Å²) >= 11 is 5.31. The fourth-order valence-corrected chi connectivity index (χ4v) is 3.30. The fourth-order valence-electron chi connectivity index (χ4n) is 3.01. The van der Waals surface area contributed by atoms with Gasteiger partial charge in [0, 0.05) is 5.56 Å². The van der Waals surface area contributed by atoms with Crippen molar-refractivity contribution in [3.63, 3.8) is 0 Å². The Balaban J connectivity index is 1.85. The molecule has 0 spiro atoms. The SMILES string of the molecule is COc1ccc(/C=C2/NC(=S)N(c3ccccc3OC)C2=O)cc1COCC(F)(F)F. The zero-order chi connectivity index (χ0) is 22.6. The van der Waals surface area contributed by atoms with Crippen molar-refractivity contribution in [1.29, 1.82) is 0 Å².